The lowest BCUT2D eigenvalue weighted by molar-refractivity contribution is -0.133. The number of alkyl halides is 3. The molecule has 108 valence electrons. The summed E-state index contributed by atoms with van der Waals surface area (Å²) in [5.41, 5.74) is 0.679. The average Bonchev–Trinajstić information content (AvgIpc) is 2.36. The van der Waals surface area contributed by atoms with Crippen LogP contribution in [0.15, 0.2) is 24.3 Å². The van der Waals surface area contributed by atoms with E-state index in [-0.39, 0.29) is 6.42 Å². The Morgan fingerprint density at radius 1 is 1.05 bits per heavy atom. The van der Waals surface area contributed by atoms with Crippen LogP contribution in [0.4, 0.5) is 13.2 Å². The van der Waals surface area contributed by atoms with Crippen LogP contribution in [0.25, 0.3) is 0 Å². The highest BCUT2D eigenvalue weighted by molar-refractivity contribution is 6.61. The minimum absolute atomic E-state index is 0.0245. The number of aryl methyl sites for hydroxylation is 1. The number of rotatable bonds is 7. The molecule has 0 N–H and O–H groups in total. The summed E-state index contributed by atoms with van der Waals surface area (Å²) >= 11 is 0. The lowest BCUT2D eigenvalue weighted by atomic mass is 10.1. The number of halogens is 3. The quantitative estimate of drug-likeness (QED) is 0.719. The topological polar surface area (TPSA) is 18.5 Å². The van der Waals surface area contributed by atoms with Crippen LogP contribution in [-0.2, 0) is 15.3 Å². The molecule has 0 radical (unpaired) electrons. The molecule has 1 aromatic rings. The van der Waals surface area contributed by atoms with Crippen LogP contribution in [0, 0.1) is 0 Å². The van der Waals surface area contributed by atoms with Crippen LogP contribution in [0.3, 0.4) is 0 Å². The second-order valence-corrected chi connectivity index (χ2v) is 6.01. The molecule has 0 heterocycles. The van der Waals surface area contributed by atoms with E-state index in [0.29, 0.717) is 18.8 Å². The maximum absolute atomic E-state index is 12.3. The first-order chi connectivity index (χ1) is 8.98. The molecule has 1 aromatic carbocycles. The third-order valence-corrected chi connectivity index (χ3v) is 4.97. The van der Waals surface area contributed by atoms with Gasteiger partial charge in [-0.1, -0.05) is 24.3 Å². The maximum atomic E-state index is 12.3. The molecule has 0 fully saturated rings. The summed E-state index contributed by atoms with van der Waals surface area (Å²) in [7, 11) is -2.08. The van der Waals surface area contributed by atoms with Crippen molar-refractivity contribution in [3.8, 4) is 0 Å². The maximum Gasteiger partial charge on any atom is 0.389 e. The van der Waals surface area contributed by atoms with Crippen LogP contribution in [0.1, 0.15) is 25.8 Å². The van der Waals surface area contributed by atoms with Gasteiger partial charge < -0.3 is 8.85 Å². The normalized spacial score (nSPS) is 12.1. The van der Waals surface area contributed by atoms with Gasteiger partial charge in [0.05, 0.1) is 0 Å². The van der Waals surface area contributed by atoms with E-state index >= 15 is 0 Å². The van der Waals surface area contributed by atoms with Crippen molar-refractivity contribution in [3.05, 3.63) is 29.8 Å². The molecule has 0 spiro atoms. The van der Waals surface area contributed by atoms with Crippen molar-refractivity contribution in [3.63, 3.8) is 0 Å². The molecule has 0 aromatic heterocycles. The van der Waals surface area contributed by atoms with Gasteiger partial charge in [0.25, 0.3) is 0 Å². The minimum Gasteiger partial charge on any atom is -0.394 e. The van der Waals surface area contributed by atoms with Gasteiger partial charge in [-0.2, -0.15) is 13.2 Å². The van der Waals surface area contributed by atoms with Crippen molar-refractivity contribution in [2.45, 2.75) is 32.9 Å². The highest BCUT2D eigenvalue weighted by Gasteiger charge is 2.28. The lowest BCUT2D eigenvalue weighted by Crippen LogP contribution is -2.39. The van der Waals surface area contributed by atoms with Crippen molar-refractivity contribution >= 4 is 14.5 Å². The number of hydrogen-bond acceptors (Lipinski definition) is 2. The van der Waals surface area contributed by atoms with Crippen molar-refractivity contribution in [2.24, 2.45) is 0 Å². The molecule has 0 aliphatic heterocycles. The zero-order valence-electron chi connectivity index (χ0n) is 11.2. The Kier molecular flexibility index (Phi) is 6.54. The van der Waals surface area contributed by atoms with Gasteiger partial charge >= 0.3 is 15.5 Å². The van der Waals surface area contributed by atoms with Gasteiger partial charge in [-0.3, -0.25) is 0 Å². The molecule has 1 rings (SSSR count). The zero-order chi connectivity index (χ0) is 14.3. The summed E-state index contributed by atoms with van der Waals surface area (Å²) in [6.45, 7) is 4.73. The molecular weight excluding hydrogens is 273 g/mol. The fourth-order valence-electron chi connectivity index (χ4n) is 1.80. The molecule has 19 heavy (non-hydrogen) atoms. The molecule has 0 unspecified atom stereocenters. The SMILES string of the molecule is CCO[SiH](OCC)c1ccccc1CCC(F)(F)F. The molecular formula is C13H19F3O2Si. The van der Waals surface area contributed by atoms with Gasteiger partial charge in [-0.05, 0) is 31.0 Å². The van der Waals surface area contributed by atoms with Crippen LogP contribution in [0.5, 0.6) is 0 Å². The summed E-state index contributed by atoms with van der Waals surface area (Å²) in [5.74, 6) is 0. The number of hydrogen-bond donors (Lipinski definition) is 0. The monoisotopic (exact) mass is 292 g/mol. The van der Waals surface area contributed by atoms with Crippen LogP contribution in [-0.4, -0.2) is 28.7 Å². The molecule has 6 heteroatoms. The fourth-order valence-corrected chi connectivity index (χ4v) is 3.67. The smallest absolute Gasteiger partial charge is 0.389 e. The van der Waals surface area contributed by atoms with E-state index in [1.807, 2.05) is 26.0 Å². The Morgan fingerprint density at radius 3 is 2.16 bits per heavy atom. The molecule has 0 aliphatic carbocycles. The average molecular weight is 292 g/mol. The van der Waals surface area contributed by atoms with E-state index in [1.165, 1.54) is 0 Å². The second-order valence-electron chi connectivity index (χ2n) is 4.06. The van der Waals surface area contributed by atoms with E-state index < -0.39 is 21.9 Å². The lowest BCUT2D eigenvalue weighted by Gasteiger charge is -2.18. The molecule has 0 saturated carbocycles. The summed E-state index contributed by atoms with van der Waals surface area (Å²) in [6.07, 6.45) is -4.98. The first-order valence-corrected chi connectivity index (χ1v) is 7.87. The molecule has 0 saturated heterocycles. The predicted molar refractivity (Wildman–Crippen MR) is 70.9 cm³/mol. The molecule has 2 nitrogen and oxygen atoms in total. The van der Waals surface area contributed by atoms with Gasteiger partial charge in [0.15, 0.2) is 0 Å². The third-order valence-electron chi connectivity index (χ3n) is 2.62. The van der Waals surface area contributed by atoms with Crippen LogP contribution < -0.4 is 5.19 Å². The third kappa shape index (κ3) is 5.75. The van der Waals surface area contributed by atoms with E-state index in [0.717, 1.165) is 5.19 Å². The zero-order valence-corrected chi connectivity index (χ0v) is 12.3. The minimum atomic E-state index is -4.14. The van der Waals surface area contributed by atoms with Crippen LogP contribution >= 0.6 is 0 Å². The molecule has 0 amide bonds. The van der Waals surface area contributed by atoms with Gasteiger partial charge in [0, 0.05) is 19.6 Å². The van der Waals surface area contributed by atoms with Crippen molar-refractivity contribution in [2.75, 3.05) is 13.2 Å². The summed E-state index contributed by atoms with van der Waals surface area (Å²) in [4.78, 5) is 0. The van der Waals surface area contributed by atoms with Crippen molar-refractivity contribution < 1.29 is 22.0 Å². The first-order valence-electron chi connectivity index (χ1n) is 6.35. The highest BCUT2D eigenvalue weighted by Crippen LogP contribution is 2.21. The van der Waals surface area contributed by atoms with E-state index in [2.05, 4.69) is 0 Å². The summed E-state index contributed by atoms with van der Waals surface area (Å²) in [6, 6.07) is 7.09. The van der Waals surface area contributed by atoms with Gasteiger partial charge in [0.1, 0.15) is 0 Å². The highest BCUT2D eigenvalue weighted by atomic mass is 28.3. The first kappa shape index (κ1) is 16.2. The second kappa shape index (κ2) is 7.67. The van der Waals surface area contributed by atoms with E-state index in [4.69, 9.17) is 8.85 Å². The molecule has 0 atom stereocenters. The van der Waals surface area contributed by atoms with Gasteiger partial charge in [-0.25, -0.2) is 0 Å². The summed E-state index contributed by atoms with van der Waals surface area (Å²) in [5, 5.41) is 0.815. The number of benzene rings is 1. The van der Waals surface area contributed by atoms with E-state index in [1.54, 1.807) is 12.1 Å². The summed E-state index contributed by atoms with van der Waals surface area (Å²) < 4.78 is 48.1. The molecule has 0 aliphatic rings. The largest absolute Gasteiger partial charge is 0.394 e. The van der Waals surface area contributed by atoms with Crippen molar-refractivity contribution in [1.82, 2.24) is 0 Å². The molecule has 0 bridgehead atoms. The Balaban J connectivity index is 2.86. The Hall–Kier alpha value is -0.853. The van der Waals surface area contributed by atoms with Crippen LogP contribution in [0.2, 0.25) is 0 Å². The van der Waals surface area contributed by atoms with Gasteiger partial charge in [0.2, 0.25) is 0 Å². The fraction of sp³-hybridized carbons (Fsp3) is 0.538. The Labute approximate surface area is 113 Å². The van der Waals surface area contributed by atoms with Gasteiger partial charge in [-0.15, -0.1) is 0 Å². The Bertz CT molecular complexity index is 376. The van der Waals surface area contributed by atoms with Crippen molar-refractivity contribution in [1.29, 1.82) is 0 Å². The Morgan fingerprint density at radius 2 is 1.63 bits per heavy atom. The van der Waals surface area contributed by atoms with E-state index in [9.17, 15) is 13.2 Å². The predicted octanol–water partition coefficient (Wildman–Crippen LogP) is 2.68. The standard InChI is InChI=1S/C13H19F3O2Si/c1-3-17-19(18-4-2)12-8-6-5-7-11(12)9-10-13(14,15)16/h5-8,19H,3-4,9-10H2,1-2H3.